The van der Waals surface area contributed by atoms with E-state index in [2.05, 4.69) is 5.32 Å². The summed E-state index contributed by atoms with van der Waals surface area (Å²) in [6.07, 6.45) is 0. The number of hydrogen-bond donors (Lipinski definition) is 2. The Balaban J connectivity index is 2.29. The van der Waals surface area contributed by atoms with Crippen LogP contribution in [0.4, 0.5) is 4.39 Å². The summed E-state index contributed by atoms with van der Waals surface area (Å²) in [6.45, 7) is 3.62. The topological polar surface area (TPSA) is 66.4 Å². The second-order valence-corrected chi connectivity index (χ2v) is 5.64. The minimum Gasteiger partial charge on any atom is -0.481 e. The average molecular weight is 299 g/mol. The van der Waals surface area contributed by atoms with Crippen LogP contribution < -0.4 is 5.32 Å². The minimum atomic E-state index is -0.861. The zero-order valence-electron chi connectivity index (χ0n) is 11.5. The number of carbonyl (C=O) groups is 2. The van der Waals surface area contributed by atoms with E-state index in [-0.39, 0.29) is 17.5 Å². The average Bonchev–Trinajstić information content (AvgIpc) is 2.40. The quantitative estimate of drug-likeness (QED) is 0.810. The van der Waals surface area contributed by atoms with Gasteiger partial charge in [-0.1, -0.05) is 19.1 Å². The van der Waals surface area contributed by atoms with Gasteiger partial charge in [-0.2, -0.15) is 11.8 Å². The normalized spacial score (nSPS) is 11.9. The molecule has 0 aliphatic heterocycles. The van der Waals surface area contributed by atoms with Crippen LogP contribution in [0.25, 0.3) is 0 Å². The van der Waals surface area contributed by atoms with Crippen molar-refractivity contribution in [2.24, 2.45) is 5.92 Å². The van der Waals surface area contributed by atoms with Gasteiger partial charge in [0, 0.05) is 12.3 Å². The van der Waals surface area contributed by atoms with Crippen molar-refractivity contribution in [2.75, 3.05) is 11.5 Å². The van der Waals surface area contributed by atoms with Crippen LogP contribution in [0.1, 0.15) is 18.1 Å². The maximum atomic E-state index is 13.1. The van der Waals surface area contributed by atoms with Crippen molar-refractivity contribution >= 4 is 23.6 Å². The van der Waals surface area contributed by atoms with Crippen LogP contribution >= 0.6 is 11.8 Å². The molecule has 0 aliphatic carbocycles. The SMILES string of the molecule is Cc1cc(CNC(=O)CSCC(C)C(=O)O)ccc1F. The van der Waals surface area contributed by atoms with Crippen LogP contribution in [0.15, 0.2) is 18.2 Å². The third-order valence-electron chi connectivity index (χ3n) is 2.73. The molecule has 1 rings (SSSR count). The van der Waals surface area contributed by atoms with Gasteiger partial charge in [0.2, 0.25) is 5.91 Å². The predicted molar refractivity (Wildman–Crippen MR) is 77.1 cm³/mol. The lowest BCUT2D eigenvalue weighted by Crippen LogP contribution is -2.25. The molecule has 1 aromatic carbocycles. The smallest absolute Gasteiger partial charge is 0.307 e. The zero-order chi connectivity index (χ0) is 15.1. The number of hydrogen-bond acceptors (Lipinski definition) is 3. The molecular weight excluding hydrogens is 281 g/mol. The fourth-order valence-corrected chi connectivity index (χ4v) is 2.37. The summed E-state index contributed by atoms with van der Waals surface area (Å²) in [7, 11) is 0. The van der Waals surface area contributed by atoms with Crippen LogP contribution in [0, 0.1) is 18.7 Å². The summed E-state index contributed by atoms with van der Waals surface area (Å²) in [5, 5.41) is 11.4. The van der Waals surface area contributed by atoms with Gasteiger partial charge in [-0.25, -0.2) is 4.39 Å². The van der Waals surface area contributed by atoms with Gasteiger partial charge >= 0.3 is 5.97 Å². The van der Waals surface area contributed by atoms with Crippen molar-refractivity contribution in [3.8, 4) is 0 Å². The Kier molecular flexibility index (Phi) is 6.51. The third kappa shape index (κ3) is 5.61. The van der Waals surface area contributed by atoms with Gasteiger partial charge < -0.3 is 10.4 Å². The molecule has 1 aromatic rings. The van der Waals surface area contributed by atoms with Gasteiger partial charge in [-0.15, -0.1) is 0 Å². The molecule has 110 valence electrons. The fourth-order valence-electron chi connectivity index (χ4n) is 1.47. The van der Waals surface area contributed by atoms with Crippen LogP contribution in [0.2, 0.25) is 0 Å². The van der Waals surface area contributed by atoms with E-state index in [1.807, 2.05) is 0 Å². The predicted octanol–water partition coefficient (Wildman–Crippen LogP) is 2.20. The van der Waals surface area contributed by atoms with Crippen LogP contribution in [0.3, 0.4) is 0 Å². The Labute approximate surface area is 121 Å². The van der Waals surface area contributed by atoms with E-state index in [1.54, 1.807) is 26.0 Å². The maximum Gasteiger partial charge on any atom is 0.307 e. The zero-order valence-corrected chi connectivity index (χ0v) is 12.3. The van der Waals surface area contributed by atoms with Gasteiger partial charge in [0.1, 0.15) is 5.82 Å². The monoisotopic (exact) mass is 299 g/mol. The number of aliphatic carboxylic acids is 1. The number of carboxylic acids is 1. The van der Waals surface area contributed by atoms with Crippen molar-refractivity contribution in [3.63, 3.8) is 0 Å². The molecule has 2 N–H and O–H groups in total. The van der Waals surface area contributed by atoms with Gasteiger partial charge in [0.05, 0.1) is 11.7 Å². The standard InChI is InChI=1S/C14H18FNO3S/c1-9-5-11(3-4-12(9)15)6-16-13(17)8-20-7-10(2)14(18)19/h3-5,10H,6-8H2,1-2H3,(H,16,17)(H,18,19). The number of benzene rings is 1. The highest BCUT2D eigenvalue weighted by Crippen LogP contribution is 2.10. The summed E-state index contributed by atoms with van der Waals surface area (Å²) in [6, 6.07) is 4.69. The van der Waals surface area contributed by atoms with Crippen molar-refractivity contribution in [1.82, 2.24) is 5.32 Å². The summed E-state index contributed by atoms with van der Waals surface area (Å²) in [5.41, 5.74) is 1.38. The molecule has 20 heavy (non-hydrogen) atoms. The maximum absolute atomic E-state index is 13.1. The molecule has 0 spiro atoms. The van der Waals surface area contributed by atoms with E-state index in [4.69, 9.17) is 5.11 Å². The lowest BCUT2D eigenvalue weighted by molar-refractivity contribution is -0.140. The first-order valence-corrected chi connectivity index (χ1v) is 7.38. The number of rotatable bonds is 7. The van der Waals surface area contributed by atoms with E-state index in [0.29, 0.717) is 17.9 Å². The largest absolute Gasteiger partial charge is 0.481 e. The van der Waals surface area contributed by atoms with Crippen LogP contribution in [-0.4, -0.2) is 28.5 Å². The van der Waals surface area contributed by atoms with Crippen molar-refractivity contribution in [1.29, 1.82) is 0 Å². The molecule has 1 unspecified atom stereocenters. The molecule has 0 aliphatic rings. The molecule has 0 bridgehead atoms. The van der Waals surface area contributed by atoms with E-state index >= 15 is 0 Å². The second-order valence-electron chi connectivity index (χ2n) is 4.61. The molecule has 4 nitrogen and oxygen atoms in total. The molecule has 1 atom stereocenters. The molecule has 0 saturated heterocycles. The first-order valence-electron chi connectivity index (χ1n) is 6.22. The molecular formula is C14H18FNO3S. The number of carbonyl (C=O) groups excluding carboxylic acids is 1. The number of carboxylic acid groups (broad SMARTS) is 1. The van der Waals surface area contributed by atoms with Crippen LogP contribution in [-0.2, 0) is 16.1 Å². The summed E-state index contributed by atoms with van der Waals surface area (Å²) < 4.78 is 13.1. The second kappa shape index (κ2) is 7.89. The van der Waals surface area contributed by atoms with Gasteiger partial charge in [0.25, 0.3) is 0 Å². The Hall–Kier alpha value is -1.56. The number of halogens is 1. The lowest BCUT2D eigenvalue weighted by atomic mass is 10.1. The van der Waals surface area contributed by atoms with Crippen molar-refractivity contribution in [2.45, 2.75) is 20.4 Å². The van der Waals surface area contributed by atoms with Crippen molar-refractivity contribution < 1.29 is 19.1 Å². The highest BCUT2D eigenvalue weighted by atomic mass is 32.2. The highest BCUT2D eigenvalue weighted by Gasteiger charge is 2.11. The Morgan fingerprint density at radius 3 is 2.75 bits per heavy atom. The number of thioether (sulfide) groups is 1. The van der Waals surface area contributed by atoms with E-state index < -0.39 is 11.9 Å². The fraction of sp³-hybridized carbons (Fsp3) is 0.429. The van der Waals surface area contributed by atoms with E-state index in [1.165, 1.54) is 17.8 Å². The van der Waals surface area contributed by atoms with Gasteiger partial charge in [-0.3, -0.25) is 9.59 Å². The van der Waals surface area contributed by atoms with Gasteiger partial charge in [0.15, 0.2) is 0 Å². The molecule has 0 radical (unpaired) electrons. The molecule has 0 fully saturated rings. The van der Waals surface area contributed by atoms with Gasteiger partial charge in [-0.05, 0) is 24.1 Å². The molecule has 0 saturated carbocycles. The molecule has 0 aromatic heterocycles. The van der Waals surface area contributed by atoms with E-state index in [0.717, 1.165) is 5.56 Å². The molecule has 0 heterocycles. The first kappa shape index (κ1) is 16.5. The Morgan fingerprint density at radius 1 is 1.45 bits per heavy atom. The summed E-state index contributed by atoms with van der Waals surface area (Å²) >= 11 is 1.29. The number of amides is 1. The van der Waals surface area contributed by atoms with E-state index in [9.17, 15) is 14.0 Å². The Bertz CT molecular complexity index is 493. The molecule has 1 amide bonds. The number of nitrogens with one attached hydrogen (secondary N) is 1. The summed E-state index contributed by atoms with van der Waals surface area (Å²) in [5.74, 6) is -1.13. The number of aryl methyl sites for hydroxylation is 1. The Morgan fingerprint density at radius 2 is 2.15 bits per heavy atom. The third-order valence-corrected chi connectivity index (χ3v) is 3.94. The summed E-state index contributed by atoms with van der Waals surface area (Å²) in [4.78, 5) is 22.2. The highest BCUT2D eigenvalue weighted by molar-refractivity contribution is 7.99. The first-order chi connectivity index (χ1) is 9.40. The molecule has 6 heteroatoms. The van der Waals surface area contributed by atoms with Crippen molar-refractivity contribution in [3.05, 3.63) is 35.1 Å². The lowest BCUT2D eigenvalue weighted by Gasteiger charge is -2.08. The van der Waals surface area contributed by atoms with Crippen LogP contribution in [0.5, 0.6) is 0 Å². The minimum absolute atomic E-state index is 0.158.